The number of nitrogens with one attached hydrogen (secondary N) is 1. The summed E-state index contributed by atoms with van der Waals surface area (Å²) >= 11 is 3.47. The molecule has 0 spiro atoms. The van der Waals surface area contributed by atoms with Crippen LogP contribution >= 0.6 is 15.9 Å². The van der Waals surface area contributed by atoms with Crippen molar-refractivity contribution in [3.8, 4) is 0 Å². The van der Waals surface area contributed by atoms with Crippen LogP contribution in [-0.4, -0.2) is 23.2 Å². The van der Waals surface area contributed by atoms with Gasteiger partial charge in [0, 0.05) is 23.0 Å². The molecule has 2 N–H and O–H groups in total. The molecule has 4 heteroatoms. The number of aliphatic hydroxyl groups is 1. The van der Waals surface area contributed by atoms with Gasteiger partial charge in [-0.3, -0.25) is 0 Å². The second kappa shape index (κ2) is 5.10. The highest BCUT2D eigenvalue weighted by Crippen LogP contribution is 2.48. The van der Waals surface area contributed by atoms with Gasteiger partial charge in [0.1, 0.15) is 5.82 Å². The molecule has 0 saturated heterocycles. The lowest BCUT2D eigenvalue weighted by Gasteiger charge is -2.15. The Hall–Kier alpha value is -1.13. The molecular weight excluding hydrogens is 304 g/mol. The van der Waals surface area contributed by atoms with E-state index in [4.69, 9.17) is 5.11 Å². The molecule has 0 amide bonds. The van der Waals surface area contributed by atoms with E-state index < -0.39 is 0 Å². The van der Waals surface area contributed by atoms with Gasteiger partial charge in [0.15, 0.2) is 0 Å². The number of rotatable bonds is 5. The van der Waals surface area contributed by atoms with Gasteiger partial charge in [-0.15, -0.1) is 0 Å². The molecule has 0 atom stereocenters. The number of aromatic nitrogens is 1. The third-order valence-corrected chi connectivity index (χ3v) is 4.39. The standard InChI is InChI=1S/C15H17BrN2O/c16-12-2-3-13-11(9-12)1-4-14(18-13)17-10-15(5-6-15)7-8-19/h1-4,9,19H,5-8,10H2,(H,17,18). The largest absolute Gasteiger partial charge is 0.396 e. The molecular formula is C15H17BrN2O. The molecule has 0 aliphatic heterocycles. The normalized spacial score (nSPS) is 16.5. The van der Waals surface area contributed by atoms with Crippen molar-refractivity contribution in [2.75, 3.05) is 18.5 Å². The molecule has 3 rings (SSSR count). The molecule has 1 aromatic heterocycles. The van der Waals surface area contributed by atoms with Crippen LogP contribution in [0.4, 0.5) is 5.82 Å². The molecule has 0 radical (unpaired) electrons. The van der Waals surface area contributed by atoms with E-state index in [9.17, 15) is 0 Å². The lowest BCUT2D eigenvalue weighted by molar-refractivity contribution is 0.253. The van der Waals surface area contributed by atoms with Gasteiger partial charge < -0.3 is 10.4 Å². The Morgan fingerprint density at radius 3 is 2.84 bits per heavy atom. The number of nitrogens with zero attached hydrogens (tertiary/aromatic N) is 1. The highest BCUT2D eigenvalue weighted by molar-refractivity contribution is 9.10. The monoisotopic (exact) mass is 320 g/mol. The number of aliphatic hydroxyl groups excluding tert-OH is 1. The Morgan fingerprint density at radius 1 is 1.26 bits per heavy atom. The fourth-order valence-electron chi connectivity index (χ4n) is 2.40. The van der Waals surface area contributed by atoms with Gasteiger partial charge >= 0.3 is 0 Å². The molecule has 1 fully saturated rings. The molecule has 0 unspecified atom stereocenters. The van der Waals surface area contributed by atoms with Crippen molar-refractivity contribution in [2.45, 2.75) is 19.3 Å². The highest BCUT2D eigenvalue weighted by Gasteiger charge is 2.41. The van der Waals surface area contributed by atoms with Crippen molar-refractivity contribution in [1.82, 2.24) is 4.98 Å². The number of halogens is 1. The third-order valence-electron chi connectivity index (χ3n) is 3.89. The summed E-state index contributed by atoms with van der Waals surface area (Å²) in [6.07, 6.45) is 3.31. The molecule has 3 nitrogen and oxygen atoms in total. The summed E-state index contributed by atoms with van der Waals surface area (Å²) in [4.78, 5) is 4.61. The number of hydrogen-bond donors (Lipinski definition) is 2. The zero-order valence-electron chi connectivity index (χ0n) is 10.7. The maximum absolute atomic E-state index is 9.06. The van der Waals surface area contributed by atoms with E-state index in [1.54, 1.807) is 0 Å². The summed E-state index contributed by atoms with van der Waals surface area (Å²) < 4.78 is 1.07. The first kappa shape index (κ1) is 12.9. The molecule has 1 heterocycles. The molecule has 0 bridgehead atoms. The van der Waals surface area contributed by atoms with E-state index >= 15 is 0 Å². The van der Waals surface area contributed by atoms with Gasteiger partial charge in [-0.05, 0) is 55.0 Å². The summed E-state index contributed by atoms with van der Waals surface area (Å²) in [6, 6.07) is 10.2. The van der Waals surface area contributed by atoms with E-state index in [1.807, 2.05) is 18.2 Å². The van der Waals surface area contributed by atoms with Crippen molar-refractivity contribution in [1.29, 1.82) is 0 Å². The molecule has 1 aromatic carbocycles. The Kier molecular flexibility index (Phi) is 3.46. The van der Waals surface area contributed by atoms with E-state index in [0.29, 0.717) is 5.41 Å². The number of benzene rings is 1. The second-order valence-corrected chi connectivity index (χ2v) is 6.28. The molecule has 2 aromatic rings. The summed E-state index contributed by atoms with van der Waals surface area (Å²) in [7, 11) is 0. The van der Waals surface area contributed by atoms with E-state index in [1.165, 1.54) is 12.8 Å². The molecule has 1 aliphatic carbocycles. The van der Waals surface area contributed by atoms with Gasteiger partial charge in [0.25, 0.3) is 0 Å². The smallest absolute Gasteiger partial charge is 0.126 e. The Bertz CT molecular complexity index is 596. The van der Waals surface area contributed by atoms with E-state index in [0.717, 1.165) is 34.2 Å². The van der Waals surface area contributed by atoms with Crippen molar-refractivity contribution in [3.05, 3.63) is 34.8 Å². The van der Waals surface area contributed by atoms with Crippen molar-refractivity contribution >= 4 is 32.7 Å². The van der Waals surface area contributed by atoms with Crippen LogP contribution in [0, 0.1) is 5.41 Å². The maximum atomic E-state index is 9.06. The van der Waals surface area contributed by atoms with Gasteiger partial charge in [0.05, 0.1) is 5.52 Å². The van der Waals surface area contributed by atoms with Crippen molar-refractivity contribution < 1.29 is 5.11 Å². The Labute approximate surface area is 121 Å². The average Bonchev–Trinajstić information content (AvgIpc) is 3.17. The van der Waals surface area contributed by atoms with Crippen LogP contribution in [0.5, 0.6) is 0 Å². The minimum absolute atomic E-state index is 0.279. The lowest BCUT2D eigenvalue weighted by Crippen LogP contribution is -2.17. The maximum Gasteiger partial charge on any atom is 0.126 e. The number of hydrogen-bond acceptors (Lipinski definition) is 3. The van der Waals surface area contributed by atoms with Crippen LogP contribution in [0.2, 0.25) is 0 Å². The predicted octanol–water partition coefficient (Wildman–Crippen LogP) is 3.57. The van der Waals surface area contributed by atoms with Gasteiger partial charge in [-0.25, -0.2) is 4.98 Å². The van der Waals surface area contributed by atoms with Crippen LogP contribution in [0.1, 0.15) is 19.3 Å². The molecule has 1 saturated carbocycles. The lowest BCUT2D eigenvalue weighted by atomic mass is 10.0. The fraction of sp³-hybridized carbons (Fsp3) is 0.400. The van der Waals surface area contributed by atoms with E-state index in [-0.39, 0.29) is 6.61 Å². The fourth-order valence-corrected chi connectivity index (χ4v) is 2.78. The summed E-state index contributed by atoms with van der Waals surface area (Å²) in [6.45, 7) is 1.18. The topological polar surface area (TPSA) is 45.1 Å². The second-order valence-electron chi connectivity index (χ2n) is 5.36. The molecule has 19 heavy (non-hydrogen) atoms. The summed E-state index contributed by atoms with van der Waals surface area (Å²) in [5.41, 5.74) is 1.31. The number of pyridine rings is 1. The van der Waals surface area contributed by atoms with Crippen LogP contribution in [0.15, 0.2) is 34.8 Å². The summed E-state index contributed by atoms with van der Waals surface area (Å²) in [5.74, 6) is 0.916. The first-order chi connectivity index (χ1) is 9.21. The van der Waals surface area contributed by atoms with Gasteiger partial charge in [-0.2, -0.15) is 0 Å². The SMILES string of the molecule is OCCC1(CNc2ccc3cc(Br)ccc3n2)CC1. The van der Waals surface area contributed by atoms with Crippen LogP contribution < -0.4 is 5.32 Å². The van der Waals surface area contributed by atoms with E-state index in [2.05, 4.69) is 38.4 Å². The van der Waals surface area contributed by atoms with Crippen molar-refractivity contribution in [3.63, 3.8) is 0 Å². The Balaban J connectivity index is 1.73. The quantitative estimate of drug-likeness (QED) is 0.885. The van der Waals surface area contributed by atoms with Gasteiger partial charge in [-0.1, -0.05) is 15.9 Å². The van der Waals surface area contributed by atoms with Gasteiger partial charge in [0.2, 0.25) is 0 Å². The minimum Gasteiger partial charge on any atom is -0.396 e. The average molecular weight is 321 g/mol. The summed E-state index contributed by atoms with van der Waals surface area (Å²) in [5, 5.41) is 13.6. The predicted molar refractivity (Wildman–Crippen MR) is 81.3 cm³/mol. The van der Waals surface area contributed by atoms with Crippen LogP contribution in [0.3, 0.4) is 0 Å². The minimum atomic E-state index is 0.279. The van der Waals surface area contributed by atoms with Crippen molar-refractivity contribution in [2.24, 2.45) is 5.41 Å². The zero-order chi connectivity index (χ0) is 13.3. The first-order valence-corrected chi connectivity index (χ1v) is 7.41. The molecule has 1 aliphatic rings. The number of fused-ring (bicyclic) bond motifs is 1. The number of anilines is 1. The highest BCUT2D eigenvalue weighted by atomic mass is 79.9. The first-order valence-electron chi connectivity index (χ1n) is 6.62. The Morgan fingerprint density at radius 2 is 2.11 bits per heavy atom. The van der Waals surface area contributed by atoms with Crippen LogP contribution in [-0.2, 0) is 0 Å². The zero-order valence-corrected chi connectivity index (χ0v) is 12.3. The third kappa shape index (κ3) is 2.90. The molecule has 100 valence electrons. The van der Waals surface area contributed by atoms with Crippen LogP contribution in [0.25, 0.3) is 10.9 Å².